The quantitative estimate of drug-likeness (QED) is 0.749. The van der Waals surface area contributed by atoms with Crippen LogP contribution >= 0.6 is 0 Å². The van der Waals surface area contributed by atoms with Crippen molar-refractivity contribution in [2.45, 2.75) is 39.2 Å². The largest absolute Gasteiger partial charge is 0.469 e. The van der Waals surface area contributed by atoms with Crippen molar-refractivity contribution in [3.8, 4) is 0 Å². The normalized spacial score (nSPS) is 13.2. The molecule has 0 fully saturated rings. The van der Waals surface area contributed by atoms with E-state index in [1.54, 1.807) is 6.26 Å². The Morgan fingerprint density at radius 3 is 2.83 bits per heavy atom. The summed E-state index contributed by atoms with van der Waals surface area (Å²) in [6.07, 6.45) is 3.96. The summed E-state index contributed by atoms with van der Waals surface area (Å²) in [6, 6.07) is 1.86. The lowest BCUT2D eigenvalue weighted by Gasteiger charge is -2.07. The van der Waals surface area contributed by atoms with Crippen molar-refractivity contribution < 1.29 is 9.52 Å². The van der Waals surface area contributed by atoms with Crippen molar-refractivity contribution in [2.24, 2.45) is 0 Å². The standard InChI is InChI=1S/C10H16O2/c1-3-5-9(11)8-6-7-12-10(8)4-2/h6-7,9,11H,3-5H2,1-2H3. The minimum absolute atomic E-state index is 0.344. The Morgan fingerprint density at radius 2 is 2.25 bits per heavy atom. The molecule has 68 valence electrons. The molecule has 0 radical (unpaired) electrons. The van der Waals surface area contributed by atoms with Gasteiger partial charge in [-0.3, -0.25) is 0 Å². The fourth-order valence-electron chi connectivity index (χ4n) is 1.36. The smallest absolute Gasteiger partial charge is 0.109 e. The molecule has 0 bridgehead atoms. The summed E-state index contributed by atoms with van der Waals surface area (Å²) in [6.45, 7) is 4.09. The molecule has 1 rings (SSSR count). The van der Waals surface area contributed by atoms with E-state index in [1.165, 1.54) is 0 Å². The first-order valence-corrected chi connectivity index (χ1v) is 4.53. The van der Waals surface area contributed by atoms with Crippen molar-refractivity contribution in [1.82, 2.24) is 0 Å². The van der Waals surface area contributed by atoms with Gasteiger partial charge in [0.05, 0.1) is 12.4 Å². The van der Waals surface area contributed by atoms with E-state index in [2.05, 4.69) is 6.92 Å². The molecule has 1 atom stereocenters. The van der Waals surface area contributed by atoms with E-state index < -0.39 is 0 Å². The molecule has 1 heterocycles. The lowest BCUT2D eigenvalue weighted by molar-refractivity contribution is 0.164. The van der Waals surface area contributed by atoms with E-state index in [-0.39, 0.29) is 6.10 Å². The Hall–Kier alpha value is -0.760. The van der Waals surface area contributed by atoms with Crippen LogP contribution in [0.25, 0.3) is 0 Å². The molecule has 0 saturated heterocycles. The highest BCUT2D eigenvalue weighted by molar-refractivity contribution is 5.19. The van der Waals surface area contributed by atoms with Crippen LogP contribution in [0.2, 0.25) is 0 Å². The molecule has 0 aliphatic carbocycles. The first-order chi connectivity index (χ1) is 5.79. The second-order valence-corrected chi connectivity index (χ2v) is 2.96. The van der Waals surface area contributed by atoms with Crippen LogP contribution in [0.3, 0.4) is 0 Å². The van der Waals surface area contributed by atoms with Gasteiger partial charge < -0.3 is 9.52 Å². The van der Waals surface area contributed by atoms with Gasteiger partial charge in [-0.15, -0.1) is 0 Å². The number of aliphatic hydroxyl groups is 1. The average Bonchev–Trinajstić information content (AvgIpc) is 2.51. The van der Waals surface area contributed by atoms with E-state index in [0.717, 1.165) is 30.6 Å². The van der Waals surface area contributed by atoms with Gasteiger partial charge in [-0.05, 0) is 12.5 Å². The van der Waals surface area contributed by atoms with Crippen LogP contribution in [0.15, 0.2) is 16.7 Å². The second kappa shape index (κ2) is 4.31. The molecule has 12 heavy (non-hydrogen) atoms. The summed E-state index contributed by atoms with van der Waals surface area (Å²) in [5.74, 6) is 0.913. The zero-order valence-electron chi connectivity index (χ0n) is 7.71. The van der Waals surface area contributed by atoms with Crippen molar-refractivity contribution in [2.75, 3.05) is 0 Å². The van der Waals surface area contributed by atoms with Crippen LogP contribution in [-0.4, -0.2) is 5.11 Å². The summed E-state index contributed by atoms with van der Waals surface area (Å²) in [5, 5.41) is 9.66. The minimum Gasteiger partial charge on any atom is -0.469 e. The number of rotatable bonds is 4. The van der Waals surface area contributed by atoms with Crippen LogP contribution in [0.1, 0.15) is 44.1 Å². The van der Waals surface area contributed by atoms with E-state index in [9.17, 15) is 5.11 Å². The van der Waals surface area contributed by atoms with Gasteiger partial charge in [0.25, 0.3) is 0 Å². The Labute approximate surface area is 73.2 Å². The topological polar surface area (TPSA) is 33.4 Å². The number of furan rings is 1. The van der Waals surface area contributed by atoms with E-state index in [4.69, 9.17) is 4.42 Å². The average molecular weight is 168 g/mol. The molecule has 1 unspecified atom stereocenters. The predicted molar refractivity (Wildman–Crippen MR) is 48.0 cm³/mol. The van der Waals surface area contributed by atoms with Crippen LogP contribution in [-0.2, 0) is 6.42 Å². The Bertz CT molecular complexity index is 227. The summed E-state index contributed by atoms with van der Waals surface area (Å²) in [4.78, 5) is 0. The highest BCUT2D eigenvalue weighted by Gasteiger charge is 2.12. The molecule has 1 N–H and O–H groups in total. The zero-order valence-corrected chi connectivity index (χ0v) is 7.71. The van der Waals surface area contributed by atoms with Gasteiger partial charge in [0, 0.05) is 12.0 Å². The first kappa shape index (κ1) is 9.33. The molecule has 0 spiro atoms. The van der Waals surface area contributed by atoms with Crippen molar-refractivity contribution >= 4 is 0 Å². The van der Waals surface area contributed by atoms with Crippen LogP contribution in [0.4, 0.5) is 0 Å². The molecule has 2 heteroatoms. The minimum atomic E-state index is -0.344. The van der Waals surface area contributed by atoms with Gasteiger partial charge in [-0.2, -0.15) is 0 Å². The molecule has 0 aromatic carbocycles. The fraction of sp³-hybridized carbons (Fsp3) is 0.600. The summed E-state index contributed by atoms with van der Waals surface area (Å²) >= 11 is 0. The third kappa shape index (κ3) is 1.89. The van der Waals surface area contributed by atoms with Crippen molar-refractivity contribution in [3.05, 3.63) is 23.7 Å². The zero-order chi connectivity index (χ0) is 8.97. The lowest BCUT2D eigenvalue weighted by atomic mass is 10.1. The summed E-state index contributed by atoms with van der Waals surface area (Å²) in [7, 11) is 0. The first-order valence-electron chi connectivity index (χ1n) is 4.53. The molecule has 0 aliphatic heterocycles. The van der Waals surface area contributed by atoms with Crippen LogP contribution < -0.4 is 0 Å². The number of aryl methyl sites for hydroxylation is 1. The molecule has 2 nitrogen and oxygen atoms in total. The molecular weight excluding hydrogens is 152 g/mol. The monoisotopic (exact) mass is 168 g/mol. The number of aliphatic hydroxyl groups excluding tert-OH is 1. The second-order valence-electron chi connectivity index (χ2n) is 2.96. The van der Waals surface area contributed by atoms with Crippen molar-refractivity contribution in [3.63, 3.8) is 0 Å². The molecule has 1 aromatic heterocycles. The van der Waals surface area contributed by atoms with E-state index >= 15 is 0 Å². The molecule has 0 amide bonds. The van der Waals surface area contributed by atoms with E-state index in [0.29, 0.717) is 0 Å². The van der Waals surface area contributed by atoms with Gasteiger partial charge in [0.1, 0.15) is 5.76 Å². The SMILES string of the molecule is CCCC(O)c1ccoc1CC. The van der Waals surface area contributed by atoms with Gasteiger partial charge in [0.15, 0.2) is 0 Å². The predicted octanol–water partition coefficient (Wildman–Crippen LogP) is 2.68. The Morgan fingerprint density at radius 1 is 1.50 bits per heavy atom. The van der Waals surface area contributed by atoms with Gasteiger partial charge in [-0.25, -0.2) is 0 Å². The lowest BCUT2D eigenvalue weighted by Crippen LogP contribution is -1.97. The van der Waals surface area contributed by atoms with Gasteiger partial charge >= 0.3 is 0 Å². The highest BCUT2D eigenvalue weighted by Crippen LogP contribution is 2.23. The Balaban J connectivity index is 2.71. The molecular formula is C10H16O2. The van der Waals surface area contributed by atoms with Crippen LogP contribution in [0.5, 0.6) is 0 Å². The number of hydrogen-bond acceptors (Lipinski definition) is 2. The maximum absolute atomic E-state index is 9.66. The molecule has 0 aliphatic rings. The fourth-order valence-corrected chi connectivity index (χ4v) is 1.36. The molecule has 0 saturated carbocycles. The van der Waals surface area contributed by atoms with Crippen LogP contribution in [0, 0.1) is 0 Å². The Kier molecular flexibility index (Phi) is 3.35. The van der Waals surface area contributed by atoms with Gasteiger partial charge in [0.2, 0.25) is 0 Å². The maximum atomic E-state index is 9.66. The maximum Gasteiger partial charge on any atom is 0.109 e. The van der Waals surface area contributed by atoms with Crippen molar-refractivity contribution in [1.29, 1.82) is 0 Å². The highest BCUT2D eigenvalue weighted by atomic mass is 16.3. The molecule has 1 aromatic rings. The number of hydrogen-bond donors (Lipinski definition) is 1. The third-order valence-corrected chi connectivity index (χ3v) is 2.02. The van der Waals surface area contributed by atoms with E-state index in [1.807, 2.05) is 13.0 Å². The summed E-state index contributed by atoms with van der Waals surface area (Å²) in [5.41, 5.74) is 0.958. The third-order valence-electron chi connectivity index (χ3n) is 2.02. The van der Waals surface area contributed by atoms with Gasteiger partial charge in [-0.1, -0.05) is 20.3 Å². The summed E-state index contributed by atoms with van der Waals surface area (Å²) < 4.78 is 5.22.